The van der Waals surface area contributed by atoms with Crippen molar-refractivity contribution in [3.05, 3.63) is 24.2 Å². The number of nitrogens with one attached hydrogen (secondary N) is 1. The van der Waals surface area contributed by atoms with E-state index in [1.165, 1.54) is 38.6 Å². The number of hydrogen-bond donors (Lipinski definition) is 1. The first kappa shape index (κ1) is 13.2. The molecule has 3 nitrogen and oxygen atoms in total. The standard InChI is InChI=1S/C16H26N2O/c1-14-12-17-16(8-3-2-4-9-16)13-18(14)10-7-15-6-5-11-19-15/h5-6,11,14,17H,2-4,7-10,12-13H2,1H3. The van der Waals surface area contributed by atoms with Gasteiger partial charge in [-0.1, -0.05) is 19.3 Å². The van der Waals surface area contributed by atoms with E-state index in [0.717, 1.165) is 25.3 Å². The van der Waals surface area contributed by atoms with Gasteiger partial charge in [0, 0.05) is 37.6 Å². The second-order valence-electron chi connectivity index (χ2n) is 6.37. The Morgan fingerprint density at radius 3 is 2.95 bits per heavy atom. The molecule has 1 spiro atoms. The maximum atomic E-state index is 5.45. The van der Waals surface area contributed by atoms with Crippen LogP contribution in [-0.2, 0) is 6.42 Å². The summed E-state index contributed by atoms with van der Waals surface area (Å²) < 4.78 is 5.45. The first-order valence-electron chi connectivity index (χ1n) is 7.79. The van der Waals surface area contributed by atoms with E-state index in [1.807, 2.05) is 6.07 Å². The first-order chi connectivity index (χ1) is 9.27. The molecule has 0 radical (unpaired) electrons. The third kappa shape index (κ3) is 3.03. The molecule has 2 aliphatic rings. The van der Waals surface area contributed by atoms with Gasteiger partial charge in [-0.15, -0.1) is 0 Å². The van der Waals surface area contributed by atoms with Gasteiger partial charge in [-0.3, -0.25) is 4.90 Å². The molecule has 3 rings (SSSR count). The lowest BCUT2D eigenvalue weighted by Gasteiger charge is -2.49. The van der Waals surface area contributed by atoms with Crippen molar-refractivity contribution >= 4 is 0 Å². The Morgan fingerprint density at radius 1 is 1.37 bits per heavy atom. The Balaban J connectivity index is 1.59. The fraction of sp³-hybridized carbons (Fsp3) is 0.750. The van der Waals surface area contributed by atoms with Crippen LogP contribution < -0.4 is 5.32 Å². The van der Waals surface area contributed by atoms with Gasteiger partial charge in [0.05, 0.1) is 6.26 Å². The normalized spacial score (nSPS) is 27.7. The maximum Gasteiger partial charge on any atom is 0.105 e. The van der Waals surface area contributed by atoms with Crippen LogP contribution in [0.5, 0.6) is 0 Å². The van der Waals surface area contributed by atoms with Gasteiger partial charge in [0.15, 0.2) is 0 Å². The summed E-state index contributed by atoms with van der Waals surface area (Å²) in [5.41, 5.74) is 0.411. The average Bonchev–Trinajstić information content (AvgIpc) is 2.94. The molecule has 1 atom stereocenters. The Morgan fingerprint density at radius 2 is 2.21 bits per heavy atom. The molecule has 1 saturated carbocycles. The SMILES string of the molecule is CC1CNC2(CCCCC2)CN1CCc1ccco1. The third-order valence-electron chi connectivity index (χ3n) is 4.94. The van der Waals surface area contributed by atoms with Crippen molar-refractivity contribution in [2.24, 2.45) is 0 Å². The van der Waals surface area contributed by atoms with Gasteiger partial charge in [-0.25, -0.2) is 0 Å². The summed E-state index contributed by atoms with van der Waals surface area (Å²) in [6.45, 7) is 5.82. The highest BCUT2D eigenvalue weighted by molar-refractivity contribution is 5.02. The first-order valence-corrected chi connectivity index (χ1v) is 7.79. The van der Waals surface area contributed by atoms with Crippen molar-refractivity contribution in [1.82, 2.24) is 10.2 Å². The van der Waals surface area contributed by atoms with E-state index in [0.29, 0.717) is 11.6 Å². The molecule has 1 N–H and O–H groups in total. The van der Waals surface area contributed by atoms with E-state index < -0.39 is 0 Å². The molecule has 1 aromatic heterocycles. The summed E-state index contributed by atoms with van der Waals surface area (Å²) in [4.78, 5) is 2.66. The predicted molar refractivity (Wildman–Crippen MR) is 77.3 cm³/mol. The van der Waals surface area contributed by atoms with E-state index >= 15 is 0 Å². The molecule has 1 unspecified atom stereocenters. The molecule has 0 amide bonds. The van der Waals surface area contributed by atoms with Crippen molar-refractivity contribution in [3.8, 4) is 0 Å². The van der Waals surface area contributed by atoms with Gasteiger partial charge in [0.2, 0.25) is 0 Å². The van der Waals surface area contributed by atoms with Gasteiger partial charge in [-0.05, 0) is 31.9 Å². The lowest BCUT2D eigenvalue weighted by Crippen LogP contribution is -2.64. The lowest BCUT2D eigenvalue weighted by molar-refractivity contribution is 0.0628. The van der Waals surface area contributed by atoms with Crippen molar-refractivity contribution in [3.63, 3.8) is 0 Å². The number of piperazine rings is 1. The molecule has 0 aromatic carbocycles. The van der Waals surface area contributed by atoms with Crippen molar-refractivity contribution in [2.75, 3.05) is 19.6 Å². The number of nitrogens with zero attached hydrogens (tertiary/aromatic N) is 1. The molecule has 2 fully saturated rings. The van der Waals surface area contributed by atoms with E-state index in [1.54, 1.807) is 6.26 Å². The highest BCUT2D eigenvalue weighted by Gasteiger charge is 2.38. The fourth-order valence-electron chi connectivity index (χ4n) is 3.67. The zero-order chi connectivity index (χ0) is 13.1. The fourth-order valence-corrected chi connectivity index (χ4v) is 3.67. The molecule has 1 aliphatic carbocycles. The highest BCUT2D eigenvalue weighted by atomic mass is 16.3. The minimum atomic E-state index is 0.411. The summed E-state index contributed by atoms with van der Waals surface area (Å²) in [5.74, 6) is 1.11. The Bertz CT molecular complexity index is 381. The van der Waals surface area contributed by atoms with E-state index in [2.05, 4.69) is 23.2 Å². The average molecular weight is 262 g/mol. The van der Waals surface area contributed by atoms with Crippen LogP contribution in [0.15, 0.2) is 22.8 Å². The molecule has 1 saturated heterocycles. The largest absolute Gasteiger partial charge is 0.469 e. The van der Waals surface area contributed by atoms with E-state index in [-0.39, 0.29) is 0 Å². The number of furan rings is 1. The van der Waals surface area contributed by atoms with E-state index in [9.17, 15) is 0 Å². The minimum absolute atomic E-state index is 0.411. The van der Waals surface area contributed by atoms with Crippen LogP contribution in [-0.4, -0.2) is 36.1 Å². The number of rotatable bonds is 3. The molecule has 3 heteroatoms. The van der Waals surface area contributed by atoms with E-state index in [4.69, 9.17) is 4.42 Å². The van der Waals surface area contributed by atoms with Crippen LogP contribution in [0.25, 0.3) is 0 Å². The smallest absolute Gasteiger partial charge is 0.105 e. The highest BCUT2D eigenvalue weighted by Crippen LogP contribution is 2.31. The molecule has 2 heterocycles. The van der Waals surface area contributed by atoms with Crippen LogP contribution in [0.1, 0.15) is 44.8 Å². The quantitative estimate of drug-likeness (QED) is 0.908. The summed E-state index contributed by atoms with van der Waals surface area (Å²) in [6, 6.07) is 4.71. The van der Waals surface area contributed by atoms with Crippen LogP contribution in [0.2, 0.25) is 0 Å². The van der Waals surface area contributed by atoms with Crippen LogP contribution in [0, 0.1) is 0 Å². The van der Waals surface area contributed by atoms with Gasteiger partial charge < -0.3 is 9.73 Å². The molecule has 19 heavy (non-hydrogen) atoms. The zero-order valence-corrected chi connectivity index (χ0v) is 12.0. The van der Waals surface area contributed by atoms with Crippen molar-refractivity contribution in [1.29, 1.82) is 0 Å². The monoisotopic (exact) mass is 262 g/mol. The molecule has 106 valence electrons. The Labute approximate surface area is 116 Å². The Kier molecular flexibility index (Phi) is 3.94. The molecular weight excluding hydrogens is 236 g/mol. The van der Waals surface area contributed by atoms with Gasteiger partial charge in [-0.2, -0.15) is 0 Å². The van der Waals surface area contributed by atoms with Gasteiger partial charge in [0.25, 0.3) is 0 Å². The summed E-state index contributed by atoms with van der Waals surface area (Å²) in [7, 11) is 0. The molecule has 1 aliphatic heterocycles. The Hall–Kier alpha value is -0.800. The summed E-state index contributed by atoms with van der Waals surface area (Å²) in [6.07, 6.45) is 9.74. The van der Waals surface area contributed by atoms with Gasteiger partial charge >= 0.3 is 0 Å². The summed E-state index contributed by atoms with van der Waals surface area (Å²) >= 11 is 0. The van der Waals surface area contributed by atoms with Crippen molar-refractivity contribution < 1.29 is 4.42 Å². The molecule has 0 bridgehead atoms. The second kappa shape index (κ2) is 5.68. The van der Waals surface area contributed by atoms with Gasteiger partial charge in [0.1, 0.15) is 5.76 Å². The lowest BCUT2D eigenvalue weighted by atomic mass is 9.79. The number of hydrogen-bond acceptors (Lipinski definition) is 3. The zero-order valence-electron chi connectivity index (χ0n) is 12.0. The maximum absolute atomic E-state index is 5.45. The van der Waals surface area contributed by atoms with Crippen LogP contribution in [0.3, 0.4) is 0 Å². The topological polar surface area (TPSA) is 28.4 Å². The predicted octanol–water partition coefficient (Wildman–Crippen LogP) is 2.82. The molecule has 1 aromatic rings. The summed E-state index contributed by atoms with van der Waals surface area (Å²) in [5, 5.41) is 3.84. The third-order valence-corrected chi connectivity index (χ3v) is 4.94. The van der Waals surface area contributed by atoms with Crippen LogP contribution >= 0.6 is 0 Å². The van der Waals surface area contributed by atoms with Crippen molar-refractivity contribution in [2.45, 2.75) is 57.0 Å². The minimum Gasteiger partial charge on any atom is -0.469 e. The molecular formula is C16H26N2O. The van der Waals surface area contributed by atoms with Crippen LogP contribution in [0.4, 0.5) is 0 Å². The second-order valence-corrected chi connectivity index (χ2v) is 6.37.